The van der Waals surface area contributed by atoms with Crippen LogP contribution in [0.5, 0.6) is 0 Å². The first-order valence-corrected chi connectivity index (χ1v) is 13.6. The minimum atomic E-state index is -1.32. The van der Waals surface area contributed by atoms with Gasteiger partial charge in [-0.3, -0.25) is 10.1 Å². The van der Waals surface area contributed by atoms with Gasteiger partial charge in [0.25, 0.3) is 5.91 Å². The lowest BCUT2D eigenvalue weighted by molar-refractivity contribution is -0.132. The van der Waals surface area contributed by atoms with Crippen molar-refractivity contribution in [3.05, 3.63) is 75.4 Å². The van der Waals surface area contributed by atoms with Gasteiger partial charge >= 0.3 is 5.97 Å². The highest BCUT2D eigenvalue weighted by molar-refractivity contribution is 7.14. The third-order valence-corrected chi connectivity index (χ3v) is 7.12. The van der Waals surface area contributed by atoms with Crippen molar-refractivity contribution in [1.29, 1.82) is 0 Å². The van der Waals surface area contributed by atoms with Crippen molar-refractivity contribution in [1.82, 2.24) is 4.98 Å². The molecule has 6 nitrogen and oxygen atoms in total. The molecule has 0 fully saturated rings. The minimum absolute atomic E-state index is 0.126. The maximum atomic E-state index is 15.2. The number of halogens is 3. The molecule has 0 atom stereocenters. The van der Waals surface area contributed by atoms with Crippen molar-refractivity contribution in [2.75, 3.05) is 18.5 Å². The van der Waals surface area contributed by atoms with Gasteiger partial charge < -0.3 is 9.84 Å². The molecular formula is C29H31F3N2O4S. The highest BCUT2D eigenvalue weighted by Gasteiger charge is 2.18. The summed E-state index contributed by atoms with van der Waals surface area (Å²) in [6.07, 6.45) is 4.16. The van der Waals surface area contributed by atoms with E-state index in [4.69, 9.17) is 9.84 Å². The predicted molar refractivity (Wildman–Crippen MR) is 146 cm³/mol. The molecule has 3 rings (SSSR count). The number of nitrogens with one attached hydrogen (secondary N) is 1. The van der Waals surface area contributed by atoms with E-state index in [1.54, 1.807) is 23.6 Å². The van der Waals surface area contributed by atoms with Crippen LogP contribution in [0, 0.1) is 23.4 Å². The standard InChI is InChI=1S/C29H31F3N2O4S/c1-4-18(5-2)15-38-11-7-9-19-8-6-10-21(26(19)32)25-16-39-29(33-25)34-27(35)20-13-23(30)22(24(31)14-20)12-17(3)28(36)37/h6,8,10,12-14,16,18H,4-5,7,9,11,15H2,1-3H3,(H,36,37)(H,33,34,35)/b17-12+. The van der Waals surface area contributed by atoms with E-state index in [9.17, 15) is 18.4 Å². The Morgan fingerprint density at radius 2 is 1.85 bits per heavy atom. The van der Waals surface area contributed by atoms with Gasteiger partial charge in [0, 0.05) is 40.9 Å². The van der Waals surface area contributed by atoms with E-state index < -0.39 is 34.9 Å². The normalized spacial score (nSPS) is 11.7. The lowest BCUT2D eigenvalue weighted by Crippen LogP contribution is -2.13. The topological polar surface area (TPSA) is 88.5 Å². The highest BCUT2D eigenvalue weighted by Crippen LogP contribution is 2.29. The number of carbonyl (C=O) groups is 2. The average Bonchev–Trinajstić information content (AvgIpc) is 3.36. The Labute approximate surface area is 229 Å². The molecule has 2 aromatic carbocycles. The van der Waals surface area contributed by atoms with Crippen LogP contribution in [-0.2, 0) is 16.0 Å². The fourth-order valence-corrected chi connectivity index (χ4v) is 4.57. The van der Waals surface area contributed by atoms with E-state index in [0.29, 0.717) is 43.2 Å². The summed E-state index contributed by atoms with van der Waals surface area (Å²) in [5, 5.41) is 13.1. The second-order valence-corrected chi connectivity index (χ2v) is 9.98. The average molecular weight is 561 g/mol. The van der Waals surface area contributed by atoms with Gasteiger partial charge in [0.15, 0.2) is 5.13 Å². The number of carboxylic acid groups (broad SMARTS) is 1. The fourth-order valence-electron chi connectivity index (χ4n) is 3.87. The van der Waals surface area contributed by atoms with Crippen molar-refractivity contribution < 1.29 is 32.6 Å². The molecule has 10 heteroatoms. The number of rotatable bonds is 13. The number of aryl methyl sites for hydroxylation is 1. The second kappa shape index (κ2) is 14.0. The number of aromatic nitrogens is 1. The molecule has 3 aromatic rings. The first kappa shape index (κ1) is 30.0. The maximum absolute atomic E-state index is 15.2. The van der Waals surface area contributed by atoms with Crippen LogP contribution in [0.1, 0.15) is 61.5 Å². The number of hydrogen-bond acceptors (Lipinski definition) is 5. The zero-order valence-corrected chi connectivity index (χ0v) is 22.8. The molecule has 2 N–H and O–H groups in total. The molecule has 1 aromatic heterocycles. The van der Waals surface area contributed by atoms with Gasteiger partial charge in [-0.2, -0.15) is 0 Å². The van der Waals surface area contributed by atoms with Gasteiger partial charge in [-0.05, 0) is 55.5 Å². The lowest BCUT2D eigenvalue weighted by Gasteiger charge is -2.12. The van der Waals surface area contributed by atoms with Gasteiger partial charge in [-0.1, -0.05) is 38.8 Å². The number of thiazole rings is 1. The summed E-state index contributed by atoms with van der Waals surface area (Å²) >= 11 is 1.04. The van der Waals surface area contributed by atoms with Crippen molar-refractivity contribution in [2.45, 2.75) is 46.5 Å². The third kappa shape index (κ3) is 8.00. The maximum Gasteiger partial charge on any atom is 0.331 e. The second-order valence-electron chi connectivity index (χ2n) is 9.12. The van der Waals surface area contributed by atoms with E-state index in [2.05, 4.69) is 24.1 Å². The van der Waals surface area contributed by atoms with Gasteiger partial charge in [-0.15, -0.1) is 11.3 Å². The summed E-state index contributed by atoms with van der Waals surface area (Å²) in [6.45, 7) is 6.72. The monoisotopic (exact) mass is 560 g/mol. The summed E-state index contributed by atoms with van der Waals surface area (Å²) in [4.78, 5) is 27.8. The Balaban J connectivity index is 1.67. The molecule has 0 aliphatic rings. The van der Waals surface area contributed by atoms with Gasteiger partial charge in [0.2, 0.25) is 0 Å². The molecule has 0 radical (unpaired) electrons. The van der Waals surface area contributed by atoms with E-state index in [0.717, 1.165) is 42.4 Å². The fraction of sp³-hybridized carbons (Fsp3) is 0.345. The van der Waals surface area contributed by atoms with E-state index in [1.165, 1.54) is 6.92 Å². The molecule has 0 bridgehead atoms. The molecule has 0 saturated carbocycles. The smallest absolute Gasteiger partial charge is 0.331 e. The number of nitrogens with zero attached hydrogens (tertiary/aromatic N) is 1. The molecular weight excluding hydrogens is 529 g/mol. The van der Waals surface area contributed by atoms with Gasteiger partial charge in [0.1, 0.15) is 17.5 Å². The Kier molecular flexibility index (Phi) is 10.8. The summed E-state index contributed by atoms with van der Waals surface area (Å²) in [5.41, 5.74) is 0.00539. The van der Waals surface area contributed by atoms with Gasteiger partial charge in [0.05, 0.1) is 5.69 Å². The van der Waals surface area contributed by atoms with Crippen LogP contribution < -0.4 is 5.32 Å². The Morgan fingerprint density at radius 1 is 1.15 bits per heavy atom. The zero-order valence-electron chi connectivity index (χ0n) is 22.0. The third-order valence-electron chi connectivity index (χ3n) is 6.36. The van der Waals surface area contributed by atoms with Gasteiger partial charge in [-0.25, -0.2) is 22.9 Å². The molecule has 208 valence electrons. The van der Waals surface area contributed by atoms with Crippen LogP contribution >= 0.6 is 11.3 Å². The van der Waals surface area contributed by atoms with E-state index >= 15 is 4.39 Å². The Morgan fingerprint density at radius 3 is 2.49 bits per heavy atom. The van der Waals surface area contributed by atoms with E-state index in [1.807, 2.05) is 0 Å². The number of hydrogen-bond donors (Lipinski definition) is 2. The van der Waals surface area contributed by atoms with Crippen LogP contribution in [0.2, 0.25) is 0 Å². The predicted octanol–water partition coefficient (Wildman–Crippen LogP) is 7.35. The first-order valence-electron chi connectivity index (χ1n) is 12.7. The SMILES string of the molecule is CCC(CC)COCCCc1cccc(-c2csc(NC(=O)c3cc(F)c(/C=C(\C)C(=O)O)c(F)c3)n2)c1F. The number of carbonyl (C=O) groups excluding carboxylic acids is 1. The lowest BCUT2D eigenvalue weighted by atomic mass is 10.0. The molecule has 39 heavy (non-hydrogen) atoms. The largest absolute Gasteiger partial charge is 0.478 e. The quantitative estimate of drug-likeness (QED) is 0.169. The van der Waals surface area contributed by atoms with Crippen molar-refractivity contribution in [3.8, 4) is 11.3 Å². The summed E-state index contributed by atoms with van der Waals surface area (Å²) in [7, 11) is 0. The summed E-state index contributed by atoms with van der Waals surface area (Å²) < 4.78 is 49.8. The molecule has 0 aliphatic carbocycles. The molecule has 0 spiro atoms. The van der Waals surface area contributed by atoms with Crippen LogP contribution in [0.25, 0.3) is 17.3 Å². The zero-order chi connectivity index (χ0) is 28.5. The number of amides is 1. The van der Waals surface area contributed by atoms with Crippen LogP contribution in [-0.4, -0.2) is 35.2 Å². The summed E-state index contributed by atoms with van der Waals surface area (Å²) in [5.74, 6) is -4.17. The molecule has 0 saturated heterocycles. The van der Waals surface area contributed by atoms with Crippen molar-refractivity contribution >= 4 is 34.4 Å². The van der Waals surface area contributed by atoms with Crippen LogP contribution in [0.15, 0.2) is 41.3 Å². The molecule has 0 aliphatic heterocycles. The number of aliphatic carboxylic acids is 1. The number of ether oxygens (including phenoxy) is 1. The Bertz CT molecular complexity index is 1330. The number of carboxylic acids is 1. The first-order chi connectivity index (χ1) is 18.6. The van der Waals surface area contributed by atoms with Crippen molar-refractivity contribution in [3.63, 3.8) is 0 Å². The molecule has 1 amide bonds. The van der Waals surface area contributed by atoms with Crippen molar-refractivity contribution in [2.24, 2.45) is 5.92 Å². The molecule has 0 unspecified atom stereocenters. The number of benzene rings is 2. The summed E-state index contributed by atoms with van der Waals surface area (Å²) in [6, 6.07) is 6.68. The van der Waals surface area contributed by atoms with Crippen LogP contribution in [0.3, 0.4) is 0 Å². The molecule has 1 heterocycles. The Hall–Kier alpha value is -3.50. The number of anilines is 1. The highest BCUT2D eigenvalue weighted by atomic mass is 32.1. The van der Waals surface area contributed by atoms with Crippen LogP contribution in [0.4, 0.5) is 18.3 Å². The minimum Gasteiger partial charge on any atom is -0.478 e. The van der Waals surface area contributed by atoms with E-state index in [-0.39, 0.29) is 21.8 Å².